The lowest BCUT2D eigenvalue weighted by atomic mass is 10.2. The van der Waals surface area contributed by atoms with Crippen molar-refractivity contribution >= 4 is 35.1 Å². The summed E-state index contributed by atoms with van der Waals surface area (Å²) in [5, 5.41) is 8.11. The van der Waals surface area contributed by atoms with Gasteiger partial charge in [-0.05, 0) is 24.6 Å². The highest BCUT2D eigenvalue weighted by Crippen LogP contribution is 2.36. The molecule has 2 aromatic rings. The van der Waals surface area contributed by atoms with E-state index in [2.05, 4.69) is 37.2 Å². The molecule has 3 N–H and O–H groups in total. The standard InChI is InChI=1S/C20H21F3N6O3/c1-3-16(30)26-14-6-4-5-7-15(14)27-17-13(20(21,22)23)10-24-18(28-17)25-12-8-9-29(11-12)19(31)32-2/h3-7,10,12H,1,8-9,11H2,2H3,(H,26,30)(H2,24,25,27,28)/t12-/m1/s1. The number of likely N-dealkylation sites (tertiary alicyclic amines) is 1. The van der Waals surface area contributed by atoms with Crippen molar-refractivity contribution in [3.63, 3.8) is 0 Å². The summed E-state index contributed by atoms with van der Waals surface area (Å²) < 4.78 is 45.3. The van der Waals surface area contributed by atoms with Gasteiger partial charge < -0.3 is 25.6 Å². The van der Waals surface area contributed by atoms with E-state index in [1.165, 1.54) is 24.1 Å². The summed E-state index contributed by atoms with van der Waals surface area (Å²) in [7, 11) is 1.27. The molecule has 0 aliphatic carbocycles. The third kappa shape index (κ3) is 5.45. The van der Waals surface area contributed by atoms with Crippen LogP contribution in [0.5, 0.6) is 0 Å². The van der Waals surface area contributed by atoms with Crippen LogP contribution in [0.15, 0.2) is 43.1 Å². The van der Waals surface area contributed by atoms with Crippen molar-refractivity contribution in [1.29, 1.82) is 0 Å². The minimum atomic E-state index is -4.71. The number of hydrogen-bond acceptors (Lipinski definition) is 7. The molecule has 170 valence electrons. The molecule has 2 amide bonds. The lowest BCUT2D eigenvalue weighted by molar-refractivity contribution is -0.137. The molecule has 1 fully saturated rings. The molecule has 0 saturated carbocycles. The first kappa shape index (κ1) is 22.8. The van der Waals surface area contributed by atoms with Crippen LogP contribution in [0.3, 0.4) is 0 Å². The molecule has 0 unspecified atom stereocenters. The molecule has 32 heavy (non-hydrogen) atoms. The van der Waals surface area contributed by atoms with Crippen molar-refractivity contribution in [1.82, 2.24) is 14.9 Å². The zero-order valence-electron chi connectivity index (χ0n) is 17.1. The number of alkyl halides is 3. The number of anilines is 4. The van der Waals surface area contributed by atoms with Crippen molar-refractivity contribution in [2.45, 2.75) is 18.6 Å². The molecule has 0 radical (unpaired) electrons. The van der Waals surface area contributed by atoms with Crippen molar-refractivity contribution in [3.8, 4) is 0 Å². The monoisotopic (exact) mass is 450 g/mol. The average molecular weight is 450 g/mol. The van der Waals surface area contributed by atoms with Gasteiger partial charge in [-0.2, -0.15) is 18.2 Å². The predicted octanol–water partition coefficient (Wildman–Crippen LogP) is 3.62. The molecule has 0 bridgehead atoms. The van der Waals surface area contributed by atoms with Crippen molar-refractivity contribution < 1.29 is 27.5 Å². The van der Waals surface area contributed by atoms with Gasteiger partial charge in [0.2, 0.25) is 11.9 Å². The zero-order chi connectivity index (χ0) is 23.3. The van der Waals surface area contributed by atoms with Crippen LogP contribution < -0.4 is 16.0 Å². The minimum Gasteiger partial charge on any atom is -0.453 e. The van der Waals surface area contributed by atoms with Crippen LogP contribution in [0.4, 0.5) is 41.1 Å². The molecule has 1 aromatic carbocycles. The number of methoxy groups -OCH3 is 1. The quantitative estimate of drug-likeness (QED) is 0.577. The number of carbonyl (C=O) groups is 2. The molecule has 1 aliphatic heterocycles. The number of nitrogens with one attached hydrogen (secondary N) is 3. The highest BCUT2D eigenvalue weighted by atomic mass is 19.4. The molecular formula is C20H21F3N6O3. The van der Waals surface area contributed by atoms with Gasteiger partial charge in [0, 0.05) is 25.3 Å². The number of halogens is 3. The molecular weight excluding hydrogens is 429 g/mol. The Hall–Kier alpha value is -3.83. The number of amides is 2. The Morgan fingerprint density at radius 3 is 2.66 bits per heavy atom. The summed E-state index contributed by atoms with van der Waals surface area (Å²) in [5.41, 5.74) is -0.616. The van der Waals surface area contributed by atoms with Gasteiger partial charge in [-0.1, -0.05) is 18.7 Å². The Bertz CT molecular complexity index is 1010. The van der Waals surface area contributed by atoms with Crippen LogP contribution in [0.2, 0.25) is 0 Å². The van der Waals surface area contributed by atoms with Gasteiger partial charge in [0.1, 0.15) is 11.4 Å². The van der Waals surface area contributed by atoms with Crippen LogP contribution in [0, 0.1) is 0 Å². The Morgan fingerprint density at radius 1 is 1.28 bits per heavy atom. The van der Waals surface area contributed by atoms with Gasteiger partial charge in [0.15, 0.2) is 0 Å². The summed E-state index contributed by atoms with van der Waals surface area (Å²) in [6.07, 6.45) is -2.92. The molecule has 3 rings (SSSR count). The van der Waals surface area contributed by atoms with Crippen LogP contribution in [0.1, 0.15) is 12.0 Å². The Balaban J connectivity index is 1.86. The Labute approximate surface area is 181 Å². The maximum atomic E-state index is 13.6. The van der Waals surface area contributed by atoms with Crippen molar-refractivity contribution in [2.75, 3.05) is 36.1 Å². The second-order valence-corrected chi connectivity index (χ2v) is 6.86. The topological polar surface area (TPSA) is 108 Å². The molecule has 9 nitrogen and oxygen atoms in total. The van der Waals surface area contributed by atoms with Gasteiger partial charge in [-0.25, -0.2) is 9.78 Å². The fourth-order valence-electron chi connectivity index (χ4n) is 3.12. The van der Waals surface area contributed by atoms with Gasteiger partial charge in [0.25, 0.3) is 0 Å². The lowest BCUT2D eigenvalue weighted by Crippen LogP contribution is -2.31. The SMILES string of the molecule is C=CC(=O)Nc1ccccc1Nc1nc(N[C@@H]2CCN(C(=O)OC)C2)ncc1C(F)(F)F. The maximum absolute atomic E-state index is 13.6. The van der Waals surface area contributed by atoms with Gasteiger partial charge in [-0.3, -0.25) is 4.79 Å². The Morgan fingerprint density at radius 2 is 2.00 bits per heavy atom. The normalized spacial score (nSPS) is 15.8. The number of benzene rings is 1. The maximum Gasteiger partial charge on any atom is 0.421 e. The summed E-state index contributed by atoms with van der Waals surface area (Å²) in [4.78, 5) is 32.5. The molecule has 0 spiro atoms. The first-order valence-electron chi connectivity index (χ1n) is 9.54. The van der Waals surface area contributed by atoms with Gasteiger partial charge in [-0.15, -0.1) is 0 Å². The van der Waals surface area contributed by atoms with E-state index in [0.717, 1.165) is 6.08 Å². The van der Waals surface area contributed by atoms with Crippen molar-refractivity contribution in [2.24, 2.45) is 0 Å². The number of carbonyl (C=O) groups excluding carboxylic acids is 2. The number of ether oxygens (including phenoxy) is 1. The Kier molecular flexibility index (Phi) is 6.81. The van der Waals surface area contributed by atoms with Crippen molar-refractivity contribution in [3.05, 3.63) is 48.7 Å². The predicted molar refractivity (Wildman–Crippen MR) is 112 cm³/mol. The second kappa shape index (κ2) is 9.54. The number of para-hydroxylation sites is 2. The van der Waals surface area contributed by atoms with E-state index in [1.807, 2.05) is 0 Å². The molecule has 2 heterocycles. The van der Waals surface area contributed by atoms with Crippen LogP contribution >= 0.6 is 0 Å². The van der Waals surface area contributed by atoms with Crippen LogP contribution in [-0.4, -0.2) is 53.1 Å². The number of aromatic nitrogens is 2. The first-order chi connectivity index (χ1) is 15.2. The van der Waals surface area contributed by atoms with E-state index in [1.54, 1.807) is 12.1 Å². The van der Waals surface area contributed by atoms with E-state index in [9.17, 15) is 22.8 Å². The molecule has 1 aromatic heterocycles. The smallest absolute Gasteiger partial charge is 0.421 e. The van der Waals surface area contributed by atoms with E-state index in [4.69, 9.17) is 0 Å². The van der Waals surface area contributed by atoms with Gasteiger partial charge in [0.05, 0.1) is 18.5 Å². The van der Waals surface area contributed by atoms with E-state index in [-0.39, 0.29) is 23.4 Å². The summed E-state index contributed by atoms with van der Waals surface area (Å²) in [5.74, 6) is -1.04. The third-order valence-corrected chi connectivity index (χ3v) is 4.67. The molecule has 12 heteroatoms. The number of hydrogen-bond donors (Lipinski definition) is 3. The van der Waals surface area contributed by atoms with Crippen LogP contribution in [-0.2, 0) is 15.7 Å². The number of nitrogens with zero attached hydrogens (tertiary/aromatic N) is 3. The fraction of sp³-hybridized carbons (Fsp3) is 0.300. The molecule has 1 aliphatic rings. The highest BCUT2D eigenvalue weighted by Gasteiger charge is 2.36. The highest BCUT2D eigenvalue weighted by molar-refractivity contribution is 6.01. The summed E-state index contributed by atoms with van der Waals surface area (Å²) in [6, 6.07) is 5.99. The zero-order valence-corrected chi connectivity index (χ0v) is 17.1. The van der Waals surface area contributed by atoms with E-state index < -0.39 is 29.6 Å². The first-order valence-corrected chi connectivity index (χ1v) is 9.54. The third-order valence-electron chi connectivity index (χ3n) is 4.67. The van der Waals surface area contributed by atoms with Crippen LogP contribution in [0.25, 0.3) is 0 Å². The number of rotatable bonds is 6. The lowest BCUT2D eigenvalue weighted by Gasteiger charge is -2.18. The summed E-state index contributed by atoms with van der Waals surface area (Å²) in [6.45, 7) is 4.10. The second-order valence-electron chi connectivity index (χ2n) is 6.86. The summed E-state index contributed by atoms with van der Waals surface area (Å²) >= 11 is 0. The fourth-order valence-corrected chi connectivity index (χ4v) is 3.12. The van der Waals surface area contributed by atoms with Gasteiger partial charge >= 0.3 is 12.3 Å². The molecule has 1 saturated heterocycles. The van der Waals surface area contributed by atoms with E-state index >= 15 is 0 Å². The largest absolute Gasteiger partial charge is 0.453 e. The molecule has 1 atom stereocenters. The van der Waals surface area contributed by atoms with E-state index in [0.29, 0.717) is 25.7 Å². The average Bonchev–Trinajstić information content (AvgIpc) is 3.22. The minimum absolute atomic E-state index is 0.0372.